The molecule has 0 radical (unpaired) electrons. The largest absolute Gasteiger partial charge is 0.506 e. The molecule has 1 atom stereocenters. The number of aryl methyl sites for hydroxylation is 1. The third-order valence-corrected chi connectivity index (χ3v) is 4.24. The van der Waals surface area contributed by atoms with Gasteiger partial charge in [0, 0.05) is 12.0 Å². The minimum atomic E-state index is 0.0205. The molecule has 1 saturated heterocycles. The molecule has 1 fully saturated rings. The number of benzene rings is 1. The number of aromatic nitrogens is 2. The van der Waals surface area contributed by atoms with Crippen molar-refractivity contribution in [2.45, 2.75) is 32.4 Å². The summed E-state index contributed by atoms with van der Waals surface area (Å²) in [5, 5.41) is 15.2. The van der Waals surface area contributed by atoms with Crippen LogP contribution < -0.4 is 0 Å². The smallest absolute Gasteiger partial charge is 0.150 e. The second-order valence-corrected chi connectivity index (χ2v) is 5.49. The van der Waals surface area contributed by atoms with Crippen LogP contribution in [0.2, 0.25) is 0 Å². The van der Waals surface area contributed by atoms with E-state index in [2.05, 4.69) is 21.0 Å². The number of phenols is 1. The molecule has 0 spiro atoms. The van der Waals surface area contributed by atoms with Crippen LogP contribution in [0.15, 0.2) is 16.7 Å². The maximum Gasteiger partial charge on any atom is 0.150 e. The Kier molecular flexibility index (Phi) is 3.03. The molecule has 0 aliphatic carbocycles. The number of hydrogen-bond donors (Lipinski definition) is 1. The average Bonchev–Trinajstić information content (AvgIpc) is 2.81. The fraction of sp³-hybridized carbons (Fsp3) is 0.462. The minimum absolute atomic E-state index is 0.0205. The van der Waals surface area contributed by atoms with E-state index in [0.29, 0.717) is 4.47 Å². The number of ether oxygens (including phenoxy) is 1. The molecule has 1 unspecified atom stereocenters. The third kappa shape index (κ3) is 1.82. The lowest BCUT2D eigenvalue weighted by atomic mass is 10.1. The minimum Gasteiger partial charge on any atom is -0.506 e. The lowest BCUT2D eigenvalue weighted by Crippen LogP contribution is -2.18. The molecule has 0 amide bonds. The van der Waals surface area contributed by atoms with E-state index in [9.17, 15) is 5.11 Å². The van der Waals surface area contributed by atoms with E-state index >= 15 is 0 Å². The molecule has 4 nitrogen and oxygen atoms in total. The summed E-state index contributed by atoms with van der Waals surface area (Å²) >= 11 is 3.42. The first-order valence-corrected chi connectivity index (χ1v) is 6.94. The summed E-state index contributed by atoms with van der Waals surface area (Å²) in [6, 6.07) is 1.96. The van der Waals surface area contributed by atoms with Gasteiger partial charge in [-0.15, -0.1) is 0 Å². The van der Waals surface area contributed by atoms with Crippen LogP contribution >= 0.6 is 15.9 Å². The zero-order valence-electron chi connectivity index (χ0n) is 10.2. The van der Waals surface area contributed by atoms with Gasteiger partial charge in [0.15, 0.2) is 6.23 Å². The Morgan fingerprint density at radius 1 is 1.50 bits per heavy atom. The number of hydrogen-bond acceptors (Lipinski definition) is 3. The number of phenolic OH excluding ortho intramolecular Hbond substituents is 1. The van der Waals surface area contributed by atoms with Crippen molar-refractivity contribution in [2.75, 3.05) is 6.61 Å². The molecule has 5 heteroatoms. The van der Waals surface area contributed by atoms with Crippen LogP contribution in [0.3, 0.4) is 0 Å². The lowest BCUT2D eigenvalue weighted by molar-refractivity contribution is -0.0366. The van der Waals surface area contributed by atoms with Crippen molar-refractivity contribution in [3.05, 3.63) is 22.3 Å². The normalized spacial score (nSPS) is 20.4. The number of halogens is 1. The Balaban J connectivity index is 2.13. The van der Waals surface area contributed by atoms with Crippen LogP contribution in [0.5, 0.6) is 5.75 Å². The second-order valence-electron chi connectivity index (χ2n) is 4.70. The fourth-order valence-electron chi connectivity index (χ4n) is 2.40. The fourth-order valence-corrected chi connectivity index (χ4v) is 3.02. The molecule has 18 heavy (non-hydrogen) atoms. The van der Waals surface area contributed by atoms with E-state index in [0.717, 1.165) is 35.9 Å². The van der Waals surface area contributed by atoms with Crippen LogP contribution in [0.4, 0.5) is 0 Å². The molecule has 0 saturated carbocycles. The molecule has 2 aromatic rings. The predicted octanol–water partition coefficient (Wildman–Crippen LogP) is 3.51. The lowest BCUT2D eigenvalue weighted by Gasteiger charge is -2.23. The molecule has 1 aromatic heterocycles. The van der Waals surface area contributed by atoms with Crippen LogP contribution in [0.25, 0.3) is 10.9 Å². The Morgan fingerprint density at radius 3 is 3.06 bits per heavy atom. The molecular formula is C13H15BrN2O2. The van der Waals surface area contributed by atoms with Gasteiger partial charge in [0.05, 0.1) is 16.2 Å². The molecule has 1 aliphatic rings. The highest BCUT2D eigenvalue weighted by atomic mass is 79.9. The van der Waals surface area contributed by atoms with Crippen LogP contribution in [-0.4, -0.2) is 21.5 Å². The van der Waals surface area contributed by atoms with E-state index in [1.165, 1.54) is 6.42 Å². The third-order valence-electron chi connectivity index (χ3n) is 3.43. The number of fused-ring (bicyclic) bond motifs is 1. The van der Waals surface area contributed by atoms with E-state index in [1.807, 2.05) is 17.7 Å². The van der Waals surface area contributed by atoms with Gasteiger partial charge in [-0.05, 0) is 53.7 Å². The standard InChI is InChI=1S/C13H15BrN2O2/c1-8-6-10-9(12(14)13(8)17)7-15-16(10)11-4-2-3-5-18-11/h6-7,11,17H,2-5H2,1H3. The van der Waals surface area contributed by atoms with Gasteiger partial charge in [-0.25, -0.2) is 4.68 Å². The van der Waals surface area contributed by atoms with Gasteiger partial charge in [-0.1, -0.05) is 0 Å². The monoisotopic (exact) mass is 310 g/mol. The van der Waals surface area contributed by atoms with Crippen molar-refractivity contribution in [1.82, 2.24) is 9.78 Å². The average molecular weight is 311 g/mol. The Hall–Kier alpha value is -1.07. The van der Waals surface area contributed by atoms with E-state index < -0.39 is 0 Å². The van der Waals surface area contributed by atoms with Gasteiger partial charge in [0.1, 0.15) is 5.75 Å². The molecule has 1 N–H and O–H groups in total. The highest BCUT2D eigenvalue weighted by molar-refractivity contribution is 9.10. The Labute approximate surface area is 114 Å². The molecule has 0 bridgehead atoms. The van der Waals surface area contributed by atoms with Gasteiger partial charge in [-0.3, -0.25) is 0 Å². The van der Waals surface area contributed by atoms with Gasteiger partial charge < -0.3 is 9.84 Å². The highest BCUT2D eigenvalue weighted by Crippen LogP contribution is 2.37. The van der Waals surface area contributed by atoms with Crippen LogP contribution in [0.1, 0.15) is 31.1 Å². The van der Waals surface area contributed by atoms with Crippen LogP contribution in [0, 0.1) is 6.92 Å². The van der Waals surface area contributed by atoms with Crippen molar-refractivity contribution in [1.29, 1.82) is 0 Å². The molecule has 96 valence electrons. The van der Waals surface area contributed by atoms with Gasteiger partial charge in [-0.2, -0.15) is 5.10 Å². The summed E-state index contributed by atoms with van der Waals surface area (Å²) in [5.41, 5.74) is 1.84. The Morgan fingerprint density at radius 2 is 2.33 bits per heavy atom. The zero-order valence-corrected chi connectivity index (χ0v) is 11.8. The quantitative estimate of drug-likeness (QED) is 0.876. The van der Waals surface area contributed by atoms with E-state index in [1.54, 1.807) is 6.20 Å². The maximum absolute atomic E-state index is 9.91. The van der Waals surface area contributed by atoms with Gasteiger partial charge in [0.2, 0.25) is 0 Å². The maximum atomic E-state index is 9.91. The van der Waals surface area contributed by atoms with Gasteiger partial charge >= 0.3 is 0 Å². The van der Waals surface area contributed by atoms with E-state index in [-0.39, 0.29) is 12.0 Å². The Bertz CT molecular complexity index is 588. The molecule has 1 aromatic carbocycles. The summed E-state index contributed by atoms with van der Waals surface area (Å²) < 4.78 is 8.39. The zero-order chi connectivity index (χ0) is 12.7. The molecular weight excluding hydrogens is 296 g/mol. The summed E-state index contributed by atoms with van der Waals surface area (Å²) in [6.45, 7) is 2.68. The van der Waals surface area contributed by atoms with E-state index in [4.69, 9.17) is 4.74 Å². The summed E-state index contributed by atoms with van der Waals surface area (Å²) in [6.07, 6.45) is 5.08. The number of aromatic hydroxyl groups is 1. The SMILES string of the molecule is Cc1cc2c(cnn2C2CCCCO2)c(Br)c1O. The first-order valence-electron chi connectivity index (χ1n) is 6.15. The first-order chi connectivity index (χ1) is 8.68. The summed E-state index contributed by atoms with van der Waals surface area (Å²) in [5.74, 6) is 0.284. The highest BCUT2D eigenvalue weighted by Gasteiger charge is 2.20. The number of rotatable bonds is 1. The van der Waals surface area contributed by atoms with Crippen molar-refractivity contribution in [3.8, 4) is 5.75 Å². The number of nitrogens with zero attached hydrogens (tertiary/aromatic N) is 2. The van der Waals surface area contributed by atoms with Crippen LogP contribution in [-0.2, 0) is 4.74 Å². The van der Waals surface area contributed by atoms with Crippen molar-refractivity contribution >= 4 is 26.8 Å². The predicted molar refractivity (Wildman–Crippen MR) is 72.7 cm³/mol. The molecule has 2 heterocycles. The molecule has 1 aliphatic heterocycles. The molecule has 3 rings (SSSR count). The van der Waals surface area contributed by atoms with Crippen molar-refractivity contribution < 1.29 is 9.84 Å². The van der Waals surface area contributed by atoms with Crippen molar-refractivity contribution in [2.24, 2.45) is 0 Å². The topological polar surface area (TPSA) is 47.3 Å². The summed E-state index contributed by atoms with van der Waals surface area (Å²) in [7, 11) is 0. The van der Waals surface area contributed by atoms with Gasteiger partial charge in [0.25, 0.3) is 0 Å². The summed E-state index contributed by atoms with van der Waals surface area (Å²) in [4.78, 5) is 0. The van der Waals surface area contributed by atoms with Crippen molar-refractivity contribution in [3.63, 3.8) is 0 Å². The second kappa shape index (κ2) is 4.55. The first kappa shape index (κ1) is 12.0.